The number of carboxylic acid groups (broad SMARTS) is 1. The van der Waals surface area contributed by atoms with Crippen molar-refractivity contribution in [2.75, 3.05) is 11.4 Å². The van der Waals surface area contributed by atoms with Gasteiger partial charge in [0.1, 0.15) is 11.1 Å². The van der Waals surface area contributed by atoms with E-state index in [2.05, 4.69) is 15.2 Å². The lowest BCUT2D eigenvalue weighted by Crippen LogP contribution is -2.56. The molecular weight excluding hydrogens is 256 g/mol. The van der Waals surface area contributed by atoms with Gasteiger partial charge < -0.3 is 10.0 Å². The first kappa shape index (κ1) is 12.8. The topological polar surface area (TPSA) is 79.2 Å². The van der Waals surface area contributed by atoms with E-state index in [1.807, 2.05) is 24.3 Å². The first-order valence-corrected chi connectivity index (χ1v) is 6.72. The smallest absolute Gasteiger partial charge is 0.329 e. The average Bonchev–Trinajstić information content (AvgIpc) is 2.47. The molecule has 6 heteroatoms. The van der Waals surface area contributed by atoms with Crippen LogP contribution in [0.3, 0.4) is 0 Å². The molecule has 1 unspecified atom stereocenters. The summed E-state index contributed by atoms with van der Waals surface area (Å²) in [4.78, 5) is 17.8. The maximum Gasteiger partial charge on any atom is 0.329 e. The molecule has 1 atom stereocenters. The van der Waals surface area contributed by atoms with Gasteiger partial charge in [-0.2, -0.15) is 0 Å². The van der Waals surface area contributed by atoms with Crippen molar-refractivity contribution in [1.82, 2.24) is 15.2 Å². The summed E-state index contributed by atoms with van der Waals surface area (Å²) in [6.07, 6.45) is 2.44. The highest BCUT2D eigenvalue weighted by Crippen LogP contribution is 2.31. The number of anilines is 1. The van der Waals surface area contributed by atoms with Crippen molar-refractivity contribution in [2.24, 2.45) is 0 Å². The Morgan fingerprint density at radius 3 is 2.75 bits per heavy atom. The number of rotatable bonds is 2. The zero-order chi connectivity index (χ0) is 14.2. The molecular formula is C14H16N4O2. The Balaban J connectivity index is 2.06. The number of aliphatic carboxylic acids is 1. The van der Waals surface area contributed by atoms with Crippen LogP contribution < -0.4 is 4.90 Å². The average molecular weight is 272 g/mol. The molecule has 0 aliphatic carbocycles. The molecule has 1 aromatic heterocycles. The SMILES string of the molecule is CC1(C(=O)O)CCCCN1c1nnc2ccccc2n1. The van der Waals surface area contributed by atoms with Gasteiger partial charge in [0.25, 0.3) is 0 Å². The normalized spacial score (nSPS) is 22.9. The lowest BCUT2D eigenvalue weighted by Gasteiger charge is -2.41. The van der Waals surface area contributed by atoms with Gasteiger partial charge in [-0.05, 0) is 38.3 Å². The van der Waals surface area contributed by atoms with Crippen molar-refractivity contribution in [3.63, 3.8) is 0 Å². The molecule has 6 nitrogen and oxygen atoms in total. The first-order valence-electron chi connectivity index (χ1n) is 6.72. The highest BCUT2D eigenvalue weighted by Gasteiger charge is 2.42. The third-order valence-electron chi connectivity index (χ3n) is 3.94. The Labute approximate surface area is 116 Å². The van der Waals surface area contributed by atoms with Crippen LogP contribution in [0.5, 0.6) is 0 Å². The van der Waals surface area contributed by atoms with Gasteiger partial charge in [0.05, 0.1) is 5.52 Å². The van der Waals surface area contributed by atoms with Crippen LogP contribution in [-0.4, -0.2) is 38.3 Å². The molecule has 1 N–H and O–H groups in total. The van der Waals surface area contributed by atoms with Crippen molar-refractivity contribution < 1.29 is 9.90 Å². The number of carboxylic acids is 1. The number of aromatic nitrogens is 3. The van der Waals surface area contributed by atoms with Crippen molar-refractivity contribution in [1.29, 1.82) is 0 Å². The van der Waals surface area contributed by atoms with Gasteiger partial charge in [-0.15, -0.1) is 10.2 Å². The predicted molar refractivity (Wildman–Crippen MR) is 74.6 cm³/mol. The summed E-state index contributed by atoms with van der Waals surface area (Å²) in [5.41, 5.74) is 0.489. The van der Waals surface area contributed by atoms with Gasteiger partial charge in [-0.1, -0.05) is 12.1 Å². The Bertz CT molecular complexity index is 660. The fraction of sp³-hybridized carbons (Fsp3) is 0.429. The highest BCUT2D eigenvalue weighted by atomic mass is 16.4. The molecule has 0 spiro atoms. The fourth-order valence-corrected chi connectivity index (χ4v) is 2.65. The van der Waals surface area contributed by atoms with Gasteiger partial charge in [0.2, 0.25) is 5.95 Å². The van der Waals surface area contributed by atoms with Crippen molar-refractivity contribution in [3.05, 3.63) is 24.3 Å². The van der Waals surface area contributed by atoms with Gasteiger partial charge >= 0.3 is 5.97 Å². The molecule has 0 bridgehead atoms. The van der Waals surface area contributed by atoms with Crippen molar-refractivity contribution >= 4 is 23.0 Å². The van der Waals surface area contributed by atoms with E-state index in [1.54, 1.807) is 11.8 Å². The number of piperidine rings is 1. The molecule has 1 saturated heterocycles. The molecule has 1 aliphatic heterocycles. The molecule has 1 aromatic carbocycles. The van der Waals surface area contributed by atoms with E-state index in [-0.39, 0.29) is 0 Å². The van der Waals surface area contributed by atoms with Crippen LogP contribution in [0.25, 0.3) is 11.0 Å². The Morgan fingerprint density at radius 1 is 1.25 bits per heavy atom. The summed E-state index contributed by atoms with van der Waals surface area (Å²) in [5.74, 6) is -0.442. The number of fused-ring (bicyclic) bond motifs is 1. The predicted octanol–water partition coefficient (Wildman–Crippen LogP) is 1.86. The molecule has 0 saturated carbocycles. The van der Waals surface area contributed by atoms with E-state index in [4.69, 9.17) is 0 Å². The van der Waals surface area contributed by atoms with Crippen LogP contribution in [0.15, 0.2) is 24.3 Å². The van der Waals surface area contributed by atoms with E-state index >= 15 is 0 Å². The number of nitrogens with zero attached hydrogens (tertiary/aromatic N) is 4. The Hall–Kier alpha value is -2.24. The van der Waals surface area contributed by atoms with Crippen LogP contribution in [0, 0.1) is 0 Å². The first-order chi connectivity index (χ1) is 9.61. The van der Waals surface area contributed by atoms with Gasteiger partial charge in [-0.25, -0.2) is 9.78 Å². The zero-order valence-electron chi connectivity index (χ0n) is 11.3. The van der Waals surface area contributed by atoms with Crippen LogP contribution >= 0.6 is 0 Å². The molecule has 2 aromatic rings. The number of benzene rings is 1. The maximum absolute atomic E-state index is 11.6. The van der Waals surface area contributed by atoms with Crippen LogP contribution in [0.2, 0.25) is 0 Å². The van der Waals surface area contributed by atoms with E-state index in [0.29, 0.717) is 24.4 Å². The van der Waals surface area contributed by atoms with Gasteiger partial charge in [-0.3, -0.25) is 0 Å². The van der Waals surface area contributed by atoms with Crippen molar-refractivity contribution in [2.45, 2.75) is 31.7 Å². The number of hydrogen-bond donors (Lipinski definition) is 1. The summed E-state index contributed by atoms with van der Waals surface area (Å²) in [7, 11) is 0. The summed E-state index contributed by atoms with van der Waals surface area (Å²) in [5, 5.41) is 17.8. The van der Waals surface area contributed by atoms with E-state index in [1.165, 1.54) is 0 Å². The quantitative estimate of drug-likeness (QED) is 0.899. The Kier molecular flexibility index (Phi) is 3.00. The van der Waals surface area contributed by atoms with Crippen LogP contribution in [0.4, 0.5) is 5.95 Å². The molecule has 1 fully saturated rings. The molecule has 2 heterocycles. The summed E-state index contributed by atoms with van der Waals surface area (Å²) in [6, 6.07) is 7.45. The molecule has 3 rings (SSSR count). The third-order valence-corrected chi connectivity index (χ3v) is 3.94. The third kappa shape index (κ3) is 1.97. The minimum atomic E-state index is -0.956. The largest absolute Gasteiger partial charge is 0.480 e. The second-order valence-corrected chi connectivity index (χ2v) is 5.29. The van der Waals surface area contributed by atoms with Gasteiger partial charge in [0.15, 0.2) is 0 Å². The zero-order valence-corrected chi connectivity index (χ0v) is 11.3. The van der Waals surface area contributed by atoms with Crippen molar-refractivity contribution in [3.8, 4) is 0 Å². The highest BCUT2D eigenvalue weighted by molar-refractivity contribution is 5.83. The molecule has 20 heavy (non-hydrogen) atoms. The number of hydrogen-bond acceptors (Lipinski definition) is 5. The fourth-order valence-electron chi connectivity index (χ4n) is 2.65. The molecule has 104 valence electrons. The summed E-state index contributed by atoms with van der Waals surface area (Å²) in [6.45, 7) is 2.37. The summed E-state index contributed by atoms with van der Waals surface area (Å²) >= 11 is 0. The van der Waals surface area contributed by atoms with E-state index in [0.717, 1.165) is 18.4 Å². The van der Waals surface area contributed by atoms with Crippen LogP contribution in [-0.2, 0) is 4.79 Å². The molecule has 0 radical (unpaired) electrons. The second-order valence-electron chi connectivity index (χ2n) is 5.29. The van der Waals surface area contributed by atoms with Crippen LogP contribution in [0.1, 0.15) is 26.2 Å². The molecule has 0 amide bonds. The lowest BCUT2D eigenvalue weighted by molar-refractivity contribution is -0.143. The number of carbonyl (C=O) groups is 1. The monoisotopic (exact) mass is 272 g/mol. The molecule has 1 aliphatic rings. The second kappa shape index (κ2) is 4.70. The van der Waals surface area contributed by atoms with E-state index < -0.39 is 11.5 Å². The Morgan fingerprint density at radius 2 is 2.00 bits per heavy atom. The number of para-hydroxylation sites is 1. The maximum atomic E-state index is 11.6. The minimum absolute atomic E-state index is 0.397. The van der Waals surface area contributed by atoms with E-state index in [9.17, 15) is 9.90 Å². The summed E-state index contributed by atoms with van der Waals surface area (Å²) < 4.78 is 0. The standard InChI is InChI=1S/C14H16N4O2/c1-14(12(19)20)8-4-5-9-18(14)13-15-10-6-2-3-7-11(10)16-17-13/h2-3,6-7H,4-5,8-9H2,1H3,(H,19,20). The lowest BCUT2D eigenvalue weighted by atomic mass is 9.89. The minimum Gasteiger partial charge on any atom is -0.480 e. The van der Waals surface area contributed by atoms with Gasteiger partial charge in [0, 0.05) is 6.54 Å².